The van der Waals surface area contributed by atoms with Crippen LogP contribution in [0.5, 0.6) is 0 Å². The van der Waals surface area contributed by atoms with Crippen molar-refractivity contribution in [3.05, 3.63) is 30.3 Å². The molecule has 0 heterocycles. The van der Waals surface area contributed by atoms with Crippen LogP contribution in [-0.4, -0.2) is 26.2 Å². The summed E-state index contributed by atoms with van der Waals surface area (Å²) in [6.45, 7) is 0. The Morgan fingerprint density at radius 2 is 1.42 bits per heavy atom. The van der Waals surface area contributed by atoms with Crippen LogP contribution in [0.15, 0.2) is 30.3 Å². The van der Waals surface area contributed by atoms with Gasteiger partial charge in [-0.25, -0.2) is 2.92 Å². The van der Waals surface area contributed by atoms with E-state index in [2.05, 4.69) is 35.4 Å². The van der Waals surface area contributed by atoms with Crippen molar-refractivity contribution in [1.29, 1.82) is 0 Å². The molecule has 2 N–H and O–H groups in total. The predicted octanol–water partition coefficient (Wildman–Crippen LogP) is 1.71. The zero-order valence-electron chi connectivity index (χ0n) is 6.54. The number of para-hydroxylation sites is 1. The van der Waals surface area contributed by atoms with Gasteiger partial charge in [0.05, 0.1) is 0 Å². The van der Waals surface area contributed by atoms with Crippen molar-refractivity contribution < 1.29 is 22.4 Å². The van der Waals surface area contributed by atoms with E-state index >= 15 is 0 Å². The van der Waals surface area contributed by atoms with Crippen LogP contribution in [0, 0.1) is 0 Å². The molecule has 0 bridgehead atoms. The molecule has 2 nitrogen and oxygen atoms in total. The number of anilines is 1. The Morgan fingerprint density at radius 1 is 1.08 bits per heavy atom. The van der Waals surface area contributed by atoms with Crippen LogP contribution in [0.2, 0.25) is 0 Å². The molecule has 0 aromatic heterocycles. The number of benzene rings is 1. The molecule has 6 heteroatoms. The first-order valence-corrected chi connectivity index (χ1v) is 3.80. The van der Waals surface area contributed by atoms with Gasteiger partial charge in [0, 0.05) is 25.2 Å². The van der Waals surface area contributed by atoms with Gasteiger partial charge in [-0.3, -0.25) is 0 Å². The standard InChI is InChI=1S/C6H7N.Bi.Br2O.Zn.3H/c7-6-4-2-1-3-5-6;;1-3-2;;;;/h1-5H,7H2;;;;;;. The molecule has 0 aliphatic heterocycles. The first-order chi connectivity index (χ1) is 4.81. The van der Waals surface area contributed by atoms with Gasteiger partial charge in [0.2, 0.25) is 0 Å². The second-order valence-corrected chi connectivity index (χ2v) is 2.99. The SMILES string of the molecule is BrOBr.Nc1ccccc1.[BiH3].[Zn]. The van der Waals surface area contributed by atoms with Gasteiger partial charge in [-0.1, -0.05) is 18.2 Å². The van der Waals surface area contributed by atoms with E-state index in [1.165, 1.54) is 0 Å². The van der Waals surface area contributed by atoms with Gasteiger partial charge >= 0.3 is 26.2 Å². The van der Waals surface area contributed by atoms with Crippen LogP contribution in [0.25, 0.3) is 0 Å². The van der Waals surface area contributed by atoms with Gasteiger partial charge in [-0.15, -0.1) is 0 Å². The molecule has 0 fully saturated rings. The zero-order valence-corrected chi connectivity index (χ0v) is 18.2. The number of nitrogen functional groups attached to an aromatic ring is 1. The maximum atomic E-state index is 5.36. The Bertz CT molecular complexity index is 167. The molecule has 0 radical (unpaired) electrons. The summed E-state index contributed by atoms with van der Waals surface area (Å²) in [7, 11) is 0. The van der Waals surface area contributed by atoms with Gasteiger partial charge in [0.15, 0.2) is 0 Å². The second-order valence-electron chi connectivity index (χ2n) is 1.47. The minimum absolute atomic E-state index is 0. The molecule has 0 aliphatic carbocycles. The summed E-state index contributed by atoms with van der Waals surface area (Å²) in [5.74, 6) is 0. The molecule has 66 valence electrons. The topological polar surface area (TPSA) is 35.2 Å². The Labute approximate surface area is 121 Å². The van der Waals surface area contributed by atoms with E-state index in [0.29, 0.717) is 0 Å². The summed E-state index contributed by atoms with van der Waals surface area (Å²) in [6, 6.07) is 9.49. The summed E-state index contributed by atoms with van der Waals surface area (Å²) in [5, 5.41) is 0. The molecule has 0 atom stereocenters. The smallest absolute Gasteiger partial charge is 0 e. The normalized spacial score (nSPS) is 6.50. The van der Waals surface area contributed by atoms with Crippen molar-refractivity contribution >= 4 is 64.4 Å². The second kappa shape index (κ2) is 14.9. The Morgan fingerprint density at radius 3 is 1.58 bits per heavy atom. The van der Waals surface area contributed by atoms with Gasteiger partial charge < -0.3 is 5.73 Å². The number of halogens is 2. The van der Waals surface area contributed by atoms with Crippen molar-refractivity contribution in [2.45, 2.75) is 0 Å². The van der Waals surface area contributed by atoms with E-state index in [0.717, 1.165) is 5.69 Å². The van der Waals surface area contributed by atoms with E-state index in [1.54, 1.807) is 0 Å². The van der Waals surface area contributed by atoms with Crippen LogP contribution in [0.1, 0.15) is 0 Å². The summed E-state index contributed by atoms with van der Waals surface area (Å²) in [5.41, 5.74) is 6.18. The number of hydrogen-bond donors (Lipinski definition) is 1. The fourth-order valence-electron chi connectivity index (χ4n) is 0.453. The van der Waals surface area contributed by atoms with E-state index in [4.69, 9.17) is 5.73 Å². The van der Waals surface area contributed by atoms with E-state index in [1.807, 2.05) is 30.3 Å². The molecule has 0 saturated heterocycles. The zero-order chi connectivity index (χ0) is 7.82. The Hall–Kier alpha value is 1.45. The molecule has 12 heavy (non-hydrogen) atoms. The van der Waals surface area contributed by atoms with E-state index in [9.17, 15) is 0 Å². The third kappa shape index (κ3) is 14.0. The van der Waals surface area contributed by atoms with Crippen molar-refractivity contribution in [1.82, 2.24) is 0 Å². The van der Waals surface area contributed by atoms with Crippen molar-refractivity contribution in [2.24, 2.45) is 0 Å². The number of rotatable bonds is 0. The summed E-state index contributed by atoms with van der Waals surface area (Å²) in [6.07, 6.45) is 0. The molecule has 1 rings (SSSR count). The minimum Gasteiger partial charge on any atom is 0 e. The van der Waals surface area contributed by atoms with Crippen molar-refractivity contribution in [3.8, 4) is 0 Å². The molecule has 0 aliphatic rings. The molecule has 0 spiro atoms. The quantitative estimate of drug-likeness (QED) is 0.398. The van der Waals surface area contributed by atoms with Gasteiger partial charge in [-0.05, 0) is 12.1 Å². The largest absolute Gasteiger partial charge is 0 e. The third-order valence-electron chi connectivity index (χ3n) is 0.800. The minimum atomic E-state index is 0. The van der Waals surface area contributed by atoms with Crippen LogP contribution < -0.4 is 5.73 Å². The maximum absolute atomic E-state index is 5.36. The van der Waals surface area contributed by atoms with Crippen molar-refractivity contribution in [3.63, 3.8) is 0 Å². The van der Waals surface area contributed by atoms with E-state index < -0.39 is 0 Å². The summed E-state index contributed by atoms with van der Waals surface area (Å²) in [4.78, 5) is 0. The number of hydrogen-bond acceptors (Lipinski definition) is 2. The van der Waals surface area contributed by atoms with Crippen LogP contribution >= 0.6 is 32.5 Å². The molecule has 0 amide bonds. The summed E-state index contributed by atoms with van der Waals surface area (Å²) >= 11 is 5.12. The Kier molecular flexibility index (Phi) is 23.8. The van der Waals surface area contributed by atoms with Crippen LogP contribution in [0.3, 0.4) is 0 Å². The summed E-state index contributed by atoms with van der Waals surface area (Å²) < 4.78 is 3.88. The molecule has 1 aromatic rings. The van der Waals surface area contributed by atoms with Crippen LogP contribution in [-0.2, 0) is 22.4 Å². The molecule has 0 saturated carbocycles. The van der Waals surface area contributed by atoms with Crippen molar-refractivity contribution in [2.75, 3.05) is 5.73 Å². The van der Waals surface area contributed by atoms with Gasteiger partial charge in [-0.2, -0.15) is 0 Å². The first kappa shape index (κ1) is 19.1. The molecular formula is C6H10BiBr2NOZn. The molecule has 1 aromatic carbocycles. The van der Waals surface area contributed by atoms with Gasteiger partial charge in [0.25, 0.3) is 0 Å². The molecule has 0 unspecified atom stereocenters. The fourth-order valence-corrected chi connectivity index (χ4v) is 0.453. The maximum Gasteiger partial charge on any atom is 0 e. The monoisotopic (exact) mass is 543 g/mol. The third-order valence-corrected chi connectivity index (χ3v) is 0.800. The molecular weight excluding hydrogens is 536 g/mol. The predicted molar refractivity (Wildman–Crippen MR) is 59.7 cm³/mol. The average Bonchev–Trinajstić information content (AvgIpc) is 1.91. The number of nitrogens with two attached hydrogens (primary N) is 1. The fraction of sp³-hybridized carbons (Fsp3) is 0. The Balaban J connectivity index is -0.000000146. The average molecular weight is 546 g/mol. The first-order valence-electron chi connectivity index (χ1n) is 2.51. The van der Waals surface area contributed by atoms with Crippen LogP contribution in [0.4, 0.5) is 5.69 Å². The van der Waals surface area contributed by atoms with Gasteiger partial charge in [0.1, 0.15) is 32.5 Å². The van der Waals surface area contributed by atoms with E-state index in [-0.39, 0.29) is 45.7 Å².